The predicted molar refractivity (Wildman–Crippen MR) is 129 cm³/mol. The van der Waals surface area contributed by atoms with Gasteiger partial charge >= 0.3 is 5.69 Å². The first-order valence-electron chi connectivity index (χ1n) is 11.0. The van der Waals surface area contributed by atoms with Crippen LogP contribution in [0.25, 0.3) is 11.2 Å². The number of imidazole rings is 1. The first-order chi connectivity index (χ1) is 15.9. The molecule has 5 rings (SSSR count). The van der Waals surface area contributed by atoms with E-state index in [1.165, 1.54) is 9.13 Å². The molecule has 3 heterocycles. The van der Waals surface area contributed by atoms with Gasteiger partial charge in [0.25, 0.3) is 5.56 Å². The van der Waals surface area contributed by atoms with E-state index < -0.39 is 0 Å². The molecule has 0 aliphatic carbocycles. The average molecular weight is 446 g/mol. The summed E-state index contributed by atoms with van der Waals surface area (Å²) in [6.07, 6.45) is 0. The van der Waals surface area contributed by atoms with E-state index >= 15 is 0 Å². The summed E-state index contributed by atoms with van der Waals surface area (Å²) in [5, 5.41) is 0. The number of rotatable bonds is 4. The van der Waals surface area contributed by atoms with Crippen LogP contribution in [0.3, 0.4) is 0 Å². The summed E-state index contributed by atoms with van der Waals surface area (Å²) in [7, 11) is 3.31. The number of aryl methyl sites for hydroxylation is 2. The lowest BCUT2D eigenvalue weighted by molar-refractivity contribution is 0.409. The number of hydrogen-bond donors (Lipinski definition) is 0. The standard InChI is InChI=1S/C25H27N5O3/c1-16-9-11-18(12-10-16)15-30-23(31)21-22(27(3)25(30)32)26-24-28(13-17(2)14-29(21)24)19-7-5-6-8-20(19)33-4/h5-12,17H,13-15H2,1-4H3/t17-/m1/s1. The minimum absolute atomic E-state index is 0.216. The largest absolute Gasteiger partial charge is 0.495 e. The molecule has 1 aliphatic rings. The second-order valence-corrected chi connectivity index (χ2v) is 8.80. The molecule has 0 saturated heterocycles. The molecular formula is C25H27N5O3. The molecule has 0 saturated carbocycles. The van der Waals surface area contributed by atoms with E-state index in [2.05, 4.69) is 11.8 Å². The highest BCUT2D eigenvalue weighted by molar-refractivity contribution is 5.78. The van der Waals surface area contributed by atoms with Gasteiger partial charge in [-0.25, -0.2) is 4.79 Å². The van der Waals surface area contributed by atoms with Gasteiger partial charge in [-0.15, -0.1) is 0 Å². The van der Waals surface area contributed by atoms with E-state index in [9.17, 15) is 9.59 Å². The van der Waals surface area contributed by atoms with Gasteiger partial charge in [0.05, 0.1) is 19.3 Å². The number of anilines is 2. The molecule has 1 aliphatic heterocycles. The van der Waals surface area contributed by atoms with Crippen LogP contribution in [-0.2, 0) is 20.1 Å². The SMILES string of the molecule is COc1ccccc1N1C[C@@H](C)Cn2c1nc1c2c(=O)n(Cc2ccc(C)cc2)c(=O)n1C. The van der Waals surface area contributed by atoms with Gasteiger partial charge in [-0.05, 0) is 30.5 Å². The minimum Gasteiger partial charge on any atom is -0.495 e. The second kappa shape index (κ2) is 7.95. The molecule has 0 fully saturated rings. The lowest BCUT2D eigenvalue weighted by Gasteiger charge is -2.33. The fourth-order valence-corrected chi connectivity index (χ4v) is 4.58. The van der Waals surface area contributed by atoms with Gasteiger partial charge in [0, 0.05) is 20.1 Å². The Morgan fingerprint density at radius 1 is 1.06 bits per heavy atom. The van der Waals surface area contributed by atoms with E-state index in [1.54, 1.807) is 14.2 Å². The van der Waals surface area contributed by atoms with Gasteiger partial charge in [0.2, 0.25) is 5.95 Å². The van der Waals surface area contributed by atoms with Crippen molar-refractivity contribution in [1.82, 2.24) is 18.7 Å². The lowest BCUT2D eigenvalue weighted by atomic mass is 10.1. The van der Waals surface area contributed by atoms with Gasteiger partial charge in [0.1, 0.15) is 5.75 Å². The predicted octanol–water partition coefficient (Wildman–Crippen LogP) is 3.05. The van der Waals surface area contributed by atoms with Gasteiger partial charge in [0.15, 0.2) is 11.2 Å². The number of benzene rings is 2. The van der Waals surface area contributed by atoms with Crippen LogP contribution in [0, 0.1) is 12.8 Å². The molecule has 0 spiro atoms. The topological polar surface area (TPSA) is 74.3 Å². The number of aromatic nitrogens is 4. The molecule has 4 aromatic rings. The molecule has 8 nitrogen and oxygen atoms in total. The molecular weight excluding hydrogens is 418 g/mol. The Labute approximate surface area is 191 Å². The maximum absolute atomic E-state index is 13.6. The first-order valence-corrected chi connectivity index (χ1v) is 11.0. The summed E-state index contributed by atoms with van der Waals surface area (Å²) < 4.78 is 10.3. The average Bonchev–Trinajstić information content (AvgIpc) is 3.20. The highest BCUT2D eigenvalue weighted by Crippen LogP contribution is 2.37. The van der Waals surface area contributed by atoms with Crippen LogP contribution in [0.5, 0.6) is 5.75 Å². The highest BCUT2D eigenvalue weighted by atomic mass is 16.5. The zero-order valence-electron chi connectivity index (χ0n) is 19.3. The summed E-state index contributed by atoms with van der Waals surface area (Å²) >= 11 is 0. The van der Waals surface area contributed by atoms with Crippen LogP contribution in [-0.4, -0.2) is 32.3 Å². The highest BCUT2D eigenvalue weighted by Gasteiger charge is 2.31. The van der Waals surface area contributed by atoms with Crippen molar-refractivity contribution in [2.75, 3.05) is 18.6 Å². The van der Waals surface area contributed by atoms with Gasteiger partial charge in [-0.3, -0.25) is 13.9 Å². The first kappa shape index (κ1) is 21.1. The van der Waals surface area contributed by atoms with Crippen LogP contribution >= 0.6 is 0 Å². The van der Waals surface area contributed by atoms with Crippen molar-refractivity contribution in [2.45, 2.75) is 26.9 Å². The molecule has 2 aromatic heterocycles. The van der Waals surface area contributed by atoms with Crippen molar-refractivity contribution in [3.05, 3.63) is 80.5 Å². The van der Waals surface area contributed by atoms with Crippen molar-refractivity contribution >= 4 is 22.8 Å². The molecule has 0 bridgehead atoms. The van der Waals surface area contributed by atoms with Crippen LogP contribution < -0.4 is 20.9 Å². The smallest absolute Gasteiger partial charge is 0.332 e. The summed E-state index contributed by atoms with van der Waals surface area (Å²) in [4.78, 5) is 33.6. The quantitative estimate of drug-likeness (QED) is 0.483. The third kappa shape index (κ3) is 3.42. The number of nitrogens with zero attached hydrogens (tertiary/aromatic N) is 5. The number of hydrogen-bond acceptors (Lipinski definition) is 5. The molecule has 1 atom stereocenters. The summed E-state index contributed by atoms with van der Waals surface area (Å²) in [6.45, 7) is 5.75. The third-order valence-corrected chi connectivity index (χ3v) is 6.28. The van der Waals surface area contributed by atoms with E-state index in [0.717, 1.165) is 29.1 Å². The zero-order valence-corrected chi connectivity index (χ0v) is 19.3. The molecule has 0 radical (unpaired) electrons. The Kier molecular flexibility index (Phi) is 5.08. The Bertz CT molecular complexity index is 1460. The van der Waals surface area contributed by atoms with Crippen LogP contribution in [0.1, 0.15) is 18.1 Å². The Hall–Kier alpha value is -3.81. The molecule has 170 valence electrons. The monoisotopic (exact) mass is 445 g/mol. The number of para-hydroxylation sites is 2. The fraction of sp³-hybridized carbons (Fsp3) is 0.320. The maximum Gasteiger partial charge on any atom is 0.332 e. The van der Waals surface area contributed by atoms with Crippen molar-refractivity contribution in [3.8, 4) is 5.75 Å². The third-order valence-electron chi connectivity index (χ3n) is 6.28. The molecule has 0 N–H and O–H groups in total. The minimum atomic E-state index is -0.375. The maximum atomic E-state index is 13.6. The Morgan fingerprint density at radius 3 is 2.52 bits per heavy atom. The molecule has 0 amide bonds. The van der Waals surface area contributed by atoms with Gasteiger partial charge < -0.3 is 14.2 Å². The lowest BCUT2D eigenvalue weighted by Crippen LogP contribution is -2.40. The Balaban J connectivity index is 1.72. The molecule has 0 unspecified atom stereocenters. The second-order valence-electron chi connectivity index (χ2n) is 8.80. The van der Waals surface area contributed by atoms with Gasteiger partial charge in [-0.2, -0.15) is 4.98 Å². The fourth-order valence-electron chi connectivity index (χ4n) is 4.58. The van der Waals surface area contributed by atoms with E-state index in [-0.39, 0.29) is 23.7 Å². The number of methoxy groups -OCH3 is 1. The van der Waals surface area contributed by atoms with E-state index in [0.29, 0.717) is 23.7 Å². The number of fused-ring (bicyclic) bond motifs is 3. The van der Waals surface area contributed by atoms with Gasteiger partial charge in [-0.1, -0.05) is 48.9 Å². The zero-order chi connectivity index (χ0) is 23.3. The van der Waals surface area contributed by atoms with Crippen molar-refractivity contribution in [1.29, 1.82) is 0 Å². The molecule has 2 aromatic carbocycles. The summed E-state index contributed by atoms with van der Waals surface area (Å²) in [5.74, 6) is 1.64. The van der Waals surface area contributed by atoms with Crippen molar-refractivity contribution in [2.24, 2.45) is 13.0 Å². The van der Waals surface area contributed by atoms with Crippen LogP contribution in [0.15, 0.2) is 58.1 Å². The summed E-state index contributed by atoms with van der Waals surface area (Å²) in [5.41, 5.74) is 3.07. The van der Waals surface area contributed by atoms with Crippen molar-refractivity contribution in [3.63, 3.8) is 0 Å². The molecule has 8 heteroatoms. The Morgan fingerprint density at radius 2 is 1.79 bits per heavy atom. The van der Waals surface area contributed by atoms with Crippen molar-refractivity contribution < 1.29 is 4.74 Å². The molecule has 33 heavy (non-hydrogen) atoms. The normalized spacial score (nSPS) is 15.6. The van der Waals surface area contributed by atoms with E-state index in [4.69, 9.17) is 9.72 Å². The van der Waals surface area contributed by atoms with Crippen LogP contribution in [0.4, 0.5) is 11.6 Å². The number of ether oxygens (including phenoxy) is 1. The van der Waals surface area contributed by atoms with E-state index in [1.807, 2.05) is 60.0 Å². The summed E-state index contributed by atoms with van der Waals surface area (Å²) in [6, 6.07) is 15.6. The van der Waals surface area contributed by atoms with Crippen LogP contribution in [0.2, 0.25) is 0 Å².